The molecular formula is C18H25NO. The van der Waals surface area contributed by atoms with Crippen molar-refractivity contribution in [3.8, 4) is 0 Å². The van der Waals surface area contributed by atoms with Gasteiger partial charge >= 0.3 is 0 Å². The highest BCUT2D eigenvalue weighted by Crippen LogP contribution is 2.26. The fourth-order valence-corrected chi connectivity index (χ4v) is 2.61. The minimum atomic E-state index is 0.227. The molecule has 1 aromatic heterocycles. The maximum atomic E-state index is 5.48. The largest absolute Gasteiger partial charge is 0.469 e. The van der Waals surface area contributed by atoms with Gasteiger partial charge in [-0.25, -0.2) is 0 Å². The predicted molar refractivity (Wildman–Crippen MR) is 84.0 cm³/mol. The van der Waals surface area contributed by atoms with E-state index in [0.717, 1.165) is 25.1 Å². The molecule has 0 aliphatic carbocycles. The van der Waals surface area contributed by atoms with Crippen LogP contribution >= 0.6 is 0 Å². The number of nitrogens with one attached hydrogen (secondary N) is 1. The molecule has 2 heteroatoms. The minimum absolute atomic E-state index is 0.227. The van der Waals surface area contributed by atoms with Crippen molar-refractivity contribution in [3.63, 3.8) is 0 Å². The van der Waals surface area contributed by atoms with E-state index in [9.17, 15) is 0 Å². The van der Waals surface area contributed by atoms with E-state index in [1.807, 2.05) is 6.92 Å². The minimum Gasteiger partial charge on any atom is -0.469 e. The number of rotatable bonds is 7. The molecule has 0 saturated carbocycles. The Labute approximate surface area is 122 Å². The van der Waals surface area contributed by atoms with Gasteiger partial charge in [0, 0.05) is 5.56 Å². The van der Waals surface area contributed by atoms with Gasteiger partial charge in [0.2, 0.25) is 0 Å². The molecule has 1 aromatic carbocycles. The molecule has 1 unspecified atom stereocenters. The smallest absolute Gasteiger partial charge is 0.105 e. The maximum Gasteiger partial charge on any atom is 0.105 e. The zero-order valence-corrected chi connectivity index (χ0v) is 12.8. The zero-order chi connectivity index (χ0) is 14.4. The number of aryl methyl sites for hydroxylation is 2. The quantitative estimate of drug-likeness (QED) is 0.794. The second-order valence-electron chi connectivity index (χ2n) is 5.31. The van der Waals surface area contributed by atoms with E-state index in [-0.39, 0.29) is 6.04 Å². The van der Waals surface area contributed by atoms with E-state index in [4.69, 9.17) is 4.42 Å². The summed E-state index contributed by atoms with van der Waals surface area (Å²) in [6, 6.07) is 11.2. The lowest BCUT2D eigenvalue weighted by atomic mass is 9.96. The number of hydrogen-bond acceptors (Lipinski definition) is 2. The Bertz CT molecular complexity index is 530. The topological polar surface area (TPSA) is 25.2 Å². The molecule has 0 aliphatic heterocycles. The Kier molecular flexibility index (Phi) is 5.42. The molecule has 1 atom stereocenters. The van der Waals surface area contributed by atoms with Gasteiger partial charge in [-0.2, -0.15) is 0 Å². The van der Waals surface area contributed by atoms with E-state index in [2.05, 4.69) is 49.5 Å². The summed E-state index contributed by atoms with van der Waals surface area (Å²) < 4.78 is 5.48. The Morgan fingerprint density at radius 2 is 2.00 bits per heavy atom. The lowest BCUT2D eigenvalue weighted by Gasteiger charge is -2.19. The first kappa shape index (κ1) is 14.9. The molecule has 2 rings (SSSR count). The van der Waals surface area contributed by atoms with Crippen molar-refractivity contribution in [1.29, 1.82) is 0 Å². The summed E-state index contributed by atoms with van der Waals surface area (Å²) in [5, 5.41) is 3.64. The van der Waals surface area contributed by atoms with Crippen LogP contribution in [0.3, 0.4) is 0 Å². The molecule has 0 aliphatic rings. The van der Waals surface area contributed by atoms with Gasteiger partial charge < -0.3 is 9.73 Å². The van der Waals surface area contributed by atoms with Gasteiger partial charge in [0.1, 0.15) is 5.76 Å². The molecule has 1 heterocycles. The zero-order valence-electron chi connectivity index (χ0n) is 12.8. The summed E-state index contributed by atoms with van der Waals surface area (Å²) in [7, 11) is 0. The Balaban J connectivity index is 2.31. The van der Waals surface area contributed by atoms with Gasteiger partial charge in [0.25, 0.3) is 0 Å². The molecule has 0 amide bonds. The maximum absolute atomic E-state index is 5.48. The van der Waals surface area contributed by atoms with Crippen molar-refractivity contribution in [1.82, 2.24) is 5.32 Å². The van der Waals surface area contributed by atoms with E-state index in [0.29, 0.717) is 0 Å². The first-order valence-electron chi connectivity index (χ1n) is 7.62. The van der Waals surface area contributed by atoms with Gasteiger partial charge in [0.05, 0.1) is 12.3 Å². The number of benzene rings is 1. The molecule has 0 radical (unpaired) electrons. The molecule has 2 aromatic rings. The molecule has 108 valence electrons. The summed E-state index contributed by atoms with van der Waals surface area (Å²) in [6.45, 7) is 7.46. The predicted octanol–water partition coefficient (Wildman–Crippen LogP) is 4.63. The van der Waals surface area contributed by atoms with Crippen molar-refractivity contribution in [3.05, 3.63) is 59.0 Å². The standard InChI is InChI=1S/C18H25NO/c1-4-7-15-8-6-9-16(13-15)18(19-11-5-2)17-10-12-20-14(17)3/h6,8-10,12-13,18-19H,4-5,7,11H2,1-3H3. The van der Waals surface area contributed by atoms with Gasteiger partial charge in [0.15, 0.2) is 0 Å². The Hall–Kier alpha value is -1.54. The van der Waals surface area contributed by atoms with Crippen LogP contribution in [0.25, 0.3) is 0 Å². The van der Waals surface area contributed by atoms with Crippen molar-refractivity contribution in [2.24, 2.45) is 0 Å². The Morgan fingerprint density at radius 3 is 2.65 bits per heavy atom. The van der Waals surface area contributed by atoms with Crippen LogP contribution in [0.2, 0.25) is 0 Å². The van der Waals surface area contributed by atoms with Gasteiger partial charge in [-0.3, -0.25) is 0 Å². The average Bonchev–Trinajstić information content (AvgIpc) is 2.87. The van der Waals surface area contributed by atoms with Gasteiger partial charge in [-0.15, -0.1) is 0 Å². The van der Waals surface area contributed by atoms with Crippen LogP contribution in [0.4, 0.5) is 0 Å². The van der Waals surface area contributed by atoms with Gasteiger partial charge in [-0.05, 0) is 43.5 Å². The SMILES string of the molecule is CCCNC(c1cccc(CCC)c1)c1ccoc1C. The highest BCUT2D eigenvalue weighted by molar-refractivity contribution is 5.35. The molecule has 0 spiro atoms. The molecule has 1 N–H and O–H groups in total. The van der Waals surface area contributed by atoms with Crippen LogP contribution in [-0.2, 0) is 6.42 Å². The fraction of sp³-hybridized carbons (Fsp3) is 0.444. The van der Waals surface area contributed by atoms with Crippen LogP contribution in [0.1, 0.15) is 55.2 Å². The molecule has 0 fully saturated rings. The van der Waals surface area contributed by atoms with Crippen LogP contribution < -0.4 is 5.32 Å². The molecule has 0 bridgehead atoms. The summed E-state index contributed by atoms with van der Waals surface area (Å²) in [5.74, 6) is 1.000. The molecular weight excluding hydrogens is 246 g/mol. The second-order valence-corrected chi connectivity index (χ2v) is 5.31. The third-order valence-electron chi connectivity index (χ3n) is 3.63. The van der Waals surface area contributed by atoms with Crippen molar-refractivity contribution >= 4 is 0 Å². The first-order valence-corrected chi connectivity index (χ1v) is 7.62. The van der Waals surface area contributed by atoms with E-state index in [1.54, 1.807) is 6.26 Å². The third-order valence-corrected chi connectivity index (χ3v) is 3.63. The Morgan fingerprint density at radius 1 is 1.15 bits per heavy atom. The highest BCUT2D eigenvalue weighted by Gasteiger charge is 2.17. The van der Waals surface area contributed by atoms with Crippen LogP contribution in [0.15, 0.2) is 41.0 Å². The van der Waals surface area contributed by atoms with E-state index in [1.165, 1.54) is 23.1 Å². The summed E-state index contributed by atoms with van der Waals surface area (Å²) in [5.41, 5.74) is 3.98. The van der Waals surface area contributed by atoms with E-state index >= 15 is 0 Å². The van der Waals surface area contributed by atoms with Crippen molar-refractivity contribution in [2.75, 3.05) is 6.54 Å². The molecule has 2 nitrogen and oxygen atoms in total. The lowest BCUT2D eigenvalue weighted by molar-refractivity contribution is 0.517. The summed E-state index contributed by atoms with van der Waals surface area (Å²) in [4.78, 5) is 0. The number of hydrogen-bond donors (Lipinski definition) is 1. The van der Waals surface area contributed by atoms with Crippen molar-refractivity contribution < 1.29 is 4.42 Å². The summed E-state index contributed by atoms with van der Waals surface area (Å²) >= 11 is 0. The third kappa shape index (κ3) is 3.51. The normalized spacial score (nSPS) is 12.6. The van der Waals surface area contributed by atoms with Crippen molar-refractivity contribution in [2.45, 2.75) is 46.1 Å². The van der Waals surface area contributed by atoms with E-state index < -0.39 is 0 Å². The van der Waals surface area contributed by atoms with Gasteiger partial charge in [-0.1, -0.05) is 44.5 Å². The lowest BCUT2D eigenvalue weighted by Crippen LogP contribution is -2.23. The van der Waals surface area contributed by atoms with Crippen LogP contribution in [0.5, 0.6) is 0 Å². The highest BCUT2D eigenvalue weighted by atomic mass is 16.3. The monoisotopic (exact) mass is 271 g/mol. The average molecular weight is 271 g/mol. The fourth-order valence-electron chi connectivity index (χ4n) is 2.61. The first-order chi connectivity index (χ1) is 9.76. The van der Waals surface area contributed by atoms with Crippen LogP contribution in [0, 0.1) is 6.92 Å². The molecule has 0 saturated heterocycles. The second kappa shape index (κ2) is 7.30. The summed E-state index contributed by atoms with van der Waals surface area (Å²) in [6.07, 6.45) is 5.23. The number of furan rings is 1. The molecule has 20 heavy (non-hydrogen) atoms. The van der Waals surface area contributed by atoms with Crippen LogP contribution in [-0.4, -0.2) is 6.54 Å².